The van der Waals surface area contributed by atoms with Crippen molar-refractivity contribution in [1.82, 2.24) is 4.98 Å². The van der Waals surface area contributed by atoms with Crippen molar-refractivity contribution in [3.63, 3.8) is 0 Å². The molecule has 0 aliphatic rings. The molecular formula is C19H13F2NO2S. The Labute approximate surface area is 146 Å². The second-order valence-electron chi connectivity index (χ2n) is 5.29. The highest BCUT2D eigenvalue weighted by molar-refractivity contribution is 7.13. The number of aliphatic carboxylic acids is 1. The van der Waals surface area contributed by atoms with Gasteiger partial charge in [0.05, 0.1) is 12.1 Å². The molecule has 2 aromatic carbocycles. The first-order valence-electron chi connectivity index (χ1n) is 7.42. The number of carboxylic acid groups (broad SMARTS) is 1. The summed E-state index contributed by atoms with van der Waals surface area (Å²) in [6.45, 7) is 0. The Balaban J connectivity index is 1.93. The zero-order valence-electron chi connectivity index (χ0n) is 12.9. The molecule has 0 unspecified atom stereocenters. The molecule has 0 aliphatic heterocycles. The van der Waals surface area contributed by atoms with Crippen molar-refractivity contribution in [2.24, 2.45) is 0 Å². The van der Waals surface area contributed by atoms with Crippen LogP contribution in [0.2, 0.25) is 0 Å². The summed E-state index contributed by atoms with van der Waals surface area (Å²) in [6.07, 6.45) is 3.36. The smallest absolute Gasteiger partial charge is 0.308 e. The van der Waals surface area contributed by atoms with Gasteiger partial charge < -0.3 is 5.11 Å². The first kappa shape index (κ1) is 17.0. The van der Waals surface area contributed by atoms with Crippen molar-refractivity contribution in [2.45, 2.75) is 6.42 Å². The molecule has 1 heterocycles. The average Bonchev–Trinajstić information content (AvgIpc) is 2.97. The van der Waals surface area contributed by atoms with E-state index in [1.807, 2.05) is 0 Å². The SMILES string of the molecule is O=C(O)Cc1sc(/C=C/c2ccc(F)cc2)nc1-c1ccc(F)cc1. The van der Waals surface area contributed by atoms with Crippen LogP contribution in [-0.4, -0.2) is 16.1 Å². The van der Waals surface area contributed by atoms with Gasteiger partial charge >= 0.3 is 5.97 Å². The standard InChI is InChI=1S/C19H13F2NO2S/c20-14-6-1-12(2-7-14)3-10-17-22-19(16(25-17)11-18(23)24)13-4-8-15(21)9-5-13/h1-10H,11H2,(H,23,24)/b10-3+. The lowest BCUT2D eigenvalue weighted by molar-refractivity contribution is -0.136. The van der Waals surface area contributed by atoms with Gasteiger partial charge in [-0.05, 0) is 48.0 Å². The number of thiazole rings is 1. The van der Waals surface area contributed by atoms with Crippen molar-refractivity contribution in [1.29, 1.82) is 0 Å². The van der Waals surface area contributed by atoms with Crippen LogP contribution in [0.5, 0.6) is 0 Å². The molecule has 25 heavy (non-hydrogen) atoms. The van der Waals surface area contributed by atoms with Crippen LogP contribution >= 0.6 is 11.3 Å². The lowest BCUT2D eigenvalue weighted by Gasteiger charge is -2.00. The van der Waals surface area contributed by atoms with Crippen molar-refractivity contribution < 1.29 is 18.7 Å². The van der Waals surface area contributed by atoms with E-state index in [0.717, 1.165) is 5.56 Å². The minimum Gasteiger partial charge on any atom is -0.481 e. The molecule has 0 saturated carbocycles. The zero-order chi connectivity index (χ0) is 17.8. The summed E-state index contributed by atoms with van der Waals surface area (Å²) in [6, 6.07) is 11.8. The summed E-state index contributed by atoms with van der Waals surface area (Å²) in [7, 11) is 0. The Morgan fingerprint density at radius 2 is 1.60 bits per heavy atom. The molecule has 0 amide bonds. The number of rotatable bonds is 5. The first-order chi connectivity index (χ1) is 12.0. The number of hydrogen-bond acceptors (Lipinski definition) is 3. The van der Waals surface area contributed by atoms with Gasteiger partial charge in [-0.1, -0.05) is 18.2 Å². The molecule has 0 fully saturated rings. The van der Waals surface area contributed by atoms with E-state index >= 15 is 0 Å². The fourth-order valence-electron chi connectivity index (χ4n) is 2.27. The minimum atomic E-state index is -0.957. The summed E-state index contributed by atoms with van der Waals surface area (Å²) < 4.78 is 26.0. The topological polar surface area (TPSA) is 50.2 Å². The third kappa shape index (κ3) is 4.36. The Morgan fingerprint density at radius 3 is 2.20 bits per heavy atom. The van der Waals surface area contributed by atoms with Gasteiger partial charge in [0.2, 0.25) is 0 Å². The molecule has 0 aliphatic carbocycles. The third-order valence-corrected chi connectivity index (χ3v) is 4.45. The maximum atomic E-state index is 13.1. The first-order valence-corrected chi connectivity index (χ1v) is 8.24. The summed E-state index contributed by atoms with van der Waals surface area (Å²) in [5.74, 6) is -1.63. The maximum Gasteiger partial charge on any atom is 0.308 e. The number of halogens is 2. The normalized spacial score (nSPS) is 11.1. The van der Waals surface area contributed by atoms with Gasteiger partial charge in [0.15, 0.2) is 0 Å². The van der Waals surface area contributed by atoms with Gasteiger partial charge in [-0.25, -0.2) is 13.8 Å². The molecule has 3 nitrogen and oxygen atoms in total. The highest BCUT2D eigenvalue weighted by Crippen LogP contribution is 2.30. The van der Waals surface area contributed by atoms with Crippen LogP contribution in [0.1, 0.15) is 15.4 Å². The van der Waals surface area contributed by atoms with Gasteiger partial charge in [0, 0.05) is 10.4 Å². The summed E-state index contributed by atoms with van der Waals surface area (Å²) in [4.78, 5) is 16.2. The van der Waals surface area contributed by atoms with Crippen LogP contribution in [0.15, 0.2) is 48.5 Å². The molecular weight excluding hydrogens is 344 g/mol. The quantitative estimate of drug-likeness (QED) is 0.708. The van der Waals surface area contributed by atoms with Crippen LogP contribution in [0.3, 0.4) is 0 Å². The number of benzene rings is 2. The van der Waals surface area contributed by atoms with Gasteiger partial charge in [-0.2, -0.15) is 0 Å². The van der Waals surface area contributed by atoms with Crippen molar-refractivity contribution in [2.75, 3.05) is 0 Å². The van der Waals surface area contributed by atoms with Crippen LogP contribution in [0.25, 0.3) is 23.4 Å². The van der Waals surface area contributed by atoms with Crippen LogP contribution in [-0.2, 0) is 11.2 Å². The van der Waals surface area contributed by atoms with Crippen LogP contribution in [0.4, 0.5) is 8.78 Å². The molecule has 3 aromatic rings. The molecule has 0 spiro atoms. The number of hydrogen-bond donors (Lipinski definition) is 1. The fourth-order valence-corrected chi connectivity index (χ4v) is 3.25. The minimum absolute atomic E-state index is 0.158. The Morgan fingerprint density at radius 1 is 1.00 bits per heavy atom. The highest BCUT2D eigenvalue weighted by Gasteiger charge is 2.15. The van der Waals surface area contributed by atoms with E-state index in [4.69, 9.17) is 5.11 Å². The largest absolute Gasteiger partial charge is 0.481 e. The fraction of sp³-hybridized carbons (Fsp3) is 0.0526. The van der Waals surface area contributed by atoms with Gasteiger partial charge in [-0.15, -0.1) is 11.3 Å². The van der Waals surface area contributed by atoms with E-state index < -0.39 is 5.97 Å². The lowest BCUT2D eigenvalue weighted by atomic mass is 10.1. The number of nitrogens with zero attached hydrogens (tertiary/aromatic N) is 1. The second kappa shape index (κ2) is 7.36. The second-order valence-corrected chi connectivity index (χ2v) is 6.40. The number of aromatic nitrogens is 1. The average molecular weight is 357 g/mol. The van der Waals surface area contributed by atoms with Crippen molar-refractivity contribution in [3.8, 4) is 11.3 Å². The number of carboxylic acids is 1. The van der Waals surface area contributed by atoms with E-state index in [1.165, 1.54) is 35.6 Å². The number of carbonyl (C=O) groups is 1. The molecule has 3 rings (SSSR count). The van der Waals surface area contributed by atoms with Gasteiger partial charge in [0.25, 0.3) is 0 Å². The molecule has 126 valence electrons. The van der Waals surface area contributed by atoms with E-state index in [2.05, 4.69) is 4.98 Å². The van der Waals surface area contributed by atoms with E-state index in [-0.39, 0.29) is 18.1 Å². The molecule has 0 saturated heterocycles. The van der Waals surface area contributed by atoms with Crippen molar-refractivity contribution >= 4 is 29.5 Å². The molecule has 0 atom stereocenters. The molecule has 0 bridgehead atoms. The van der Waals surface area contributed by atoms with E-state index in [0.29, 0.717) is 21.1 Å². The summed E-state index contributed by atoms with van der Waals surface area (Å²) in [5.41, 5.74) is 2.00. The van der Waals surface area contributed by atoms with Crippen molar-refractivity contribution in [3.05, 3.63) is 75.6 Å². The lowest BCUT2D eigenvalue weighted by Crippen LogP contribution is -1.99. The maximum absolute atomic E-state index is 13.1. The predicted octanol–water partition coefficient (Wildman–Crippen LogP) is 4.89. The Hall–Kier alpha value is -2.86. The Kier molecular flexibility index (Phi) is 5.00. The van der Waals surface area contributed by atoms with Crippen LogP contribution in [0, 0.1) is 11.6 Å². The Bertz CT molecular complexity index is 916. The van der Waals surface area contributed by atoms with E-state index in [1.54, 1.807) is 36.4 Å². The summed E-state index contributed by atoms with van der Waals surface area (Å²) in [5, 5.41) is 9.72. The van der Waals surface area contributed by atoms with Gasteiger partial charge in [-0.3, -0.25) is 4.79 Å². The molecule has 6 heteroatoms. The molecule has 0 radical (unpaired) electrons. The predicted molar refractivity (Wildman–Crippen MR) is 94.2 cm³/mol. The van der Waals surface area contributed by atoms with E-state index in [9.17, 15) is 13.6 Å². The third-order valence-electron chi connectivity index (χ3n) is 3.43. The monoisotopic (exact) mass is 357 g/mol. The summed E-state index contributed by atoms with van der Waals surface area (Å²) >= 11 is 1.26. The van der Waals surface area contributed by atoms with Gasteiger partial charge in [0.1, 0.15) is 16.6 Å². The zero-order valence-corrected chi connectivity index (χ0v) is 13.8. The molecule has 1 N–H and O–H groups in total. The highest BCUT2D eigenvalue weighted by atomic mass is 32.1. The van der Waals surface area contributed by atoms with Crippen LogP contribution < -0.4 is 0 Å². The molecule has 1 aromatic heterocycles.